The van der Waals surface area contributed by atoms with Gasteiger partial charge in [-0.3, -0.25) is 4.79 Å². The fourth-order valence-electron chi connectivity index (χ4n) is 1.75. The highest BCUT2D eigenvalue weighted by Gasteiger charge is 2.30. The van der Waals surface area contributed by atoms with Gasteiger partial charge in [-0.15, -0.1) is 0 Å². The summed E-state index contributed by atoms with van der Waals surface area (Å²) < 4.78 is 39.4. The summed E-state index contributed by atoms with van der Waals surface area (Å²) in [4.78, 5) is 15.0. The van der Waals surface area contributed by atoms with Gasteiger partial charge in [0.25, 0.3) is 0 Å². The van der Waals surface area contributed by atoms with Crippen molar-refractivity contribution in [3.05, 3.63) is 60.6 Å². The van der Waals surface area contributed by atoms with Crippen molar-refractivity contribution in [2.24, 2.45) is 0 Å². The number of imidazole rings is 1. The van der Waals surface area contributed by atoms with Crippen molar-refractivity contribution in [1.82, 2.24) is 9.55 Å². The maximum atomic E-state index is 12.6. The Balaban J connectivity index is 2.12. The molecule has 0 spiro atoms. The molecule has 0 bridgehead atoms. The number of rotatable bonds is 4. The maximum Gasteiger partial charge on any atom is 0.416 e. The van der Waals surface area contributed by atoms with Crippen molar-refractivity contribution in [2.75, 3.05) is 5.32 Å². The van der Waals surface area contributed by atoms with Crippen molar-refractivity contribution in [2.45, 2.75) is 12.7 Å². The molecule has 0 saturated carbocycles. The number of halogens is 3. The molecule has 21 heavy (non-hydrogen) atoms. The Labute approximate surface area is 118 Å². The van der Waals surface area contributed by atoms with Crippen LogP contribution in [-0.4, -0.2) is 15.5 Å². The van der Waals surface area contributed by atoms with Crippen molar-refractivity contribution in [3.8, 4) is 0 Å². The first-order chi connectivity index (χ1) is 9.88. The minimum Gasteiger partial charge on any atom is -0.331 e. The number of alkyl halides is 3. The third-order valence-corrected chi connectivity index (χ3v) is 2.69. The van der Waals surface area contributed by atoms with Crippen molar-refractivity contribution in [1.29, 1.82) is 0 Å². The van der Waals surface area contributed by atoms with E-state index >= 15 is 0 Å². The van der Waals surface area contributed by atoms with Gasteiger partial charge in [-0.05, 0) is 23.8 Å². The molecular weight excluding hydrogens is 283 g/mol. The second-order valence-electron chi connectivity index (χ2n) is 4.32. The Hall–Kier alpha value is -2.57. The van der Waals surface area contributed by atoms with Crippen LogP contribution in [0.1, 0.15) is 11.1 Å². The lowest BCUT2D eigenvalue weighted by Crippen LogP contribution is -2.07. The molecule has 0 atom stereocenters. The molecule has 0 aliphatic rings. The summed E-state index contributed by atoms with van der Waals surface area (Å²) >= 11 is 0. The number of anilines is 1. The maximum absolute atomic E-state index is 12.6. The topological polar surface area (TPSA) is 46.9 Å². The normalized spacial score (nSPS) is 11.2. The Bertz CT molecular complexity index is 661. The van der Waals surface area contributed by atoms with Gasteiger partial charge in [0.05, 0.1) is 11.9 Å². The molecule has 0 aliphatic heterocycles. The van der Waals surface area contributed by atoms with Crippen molar-refractivity contribution in [3.63, 3.8) is 0 Å². The van der Waals surface area contributed by atoms with Gasteiger partial charge in [0, 0.05) is 12.7 Å². The Morgan fingerprint density at radius 3 is 2.86 bits per heavy atom. The van der Waals surface area contributed by atoms with Crippen molar-refractivity contribution >= 4 is 11.7 Å². The molecule has 7 heteroatoms. The molecule has 0 unspecified atom stereocenters. The molecule has 4 nitrogen and oxygen atoms in total. The standard InChI is InChI=1S/C14H12F3N3O/c1-2-13(21)19-12-8-20(9-18-12)7-10-4-3-5-11(6-10)14(15,16)17/h2-6,8-9H,1,7H2,(H,19,21). The molecule has 0 saturated heterocycles. The van der Waals surface area contributed by atoms with E-state index in [0.717, 1.165) is 18.2 Å². The van der Waals surface area contributed by atoms with Crippen LogP contribution in [0.15, 0.2) is 49.4 Å². The number of amides is 1. The molecule has 0 aliphatic carbocycles. The highest BCUT2D eigenvalue weighted by atomic mass is 19.4. The van der Waals surface area contributed by atoms with Gasteiger partial charge in [0.2, 0.25) is 5.91 Å². The first kappa shape index (κ1) is 14.8. The van der Waals surface area contributed by atoms with Crippen LogP contribution in [0.3, 0.4) is 0 Å². The monoisotopic (exact) mass is 295 g/mol. The van der Waals surface area contributed by atoms with Gasteiger partial charge >= 0.3 is 6.18 Å². The minimum atomic E-state index is -4.37. The largest absolute Gasteiger partial charge is 0.416 e. The first-order valence-electron chi connectivity index (χ1n) is 6.00. The first-order valence-corrected chi connectivity index (χ1v) is 6.00. The third kappa shape index (κ3) is 3.95. The van der Waals surface area contributed by atoms with Crippen LogP contribution < -0.4 is 5.32 Å². The summed E-state index contributed by atoms with van der Waals surface area (Å²) in [5.41, 5.74) is -0.205. The lowest BCUT2D eigenvalue weighted by Gasteiger charge is -2.09. The molecule has 1 N–H and O–H groups in total. The highest BCUT2D eigenvalue weighted by Crippen LogP contribution is 2.29. The zero-order valence-corrected chi connectivity index (χ0v) is 10.9. The summed E-state index contributed by atoms with van der Waals surface area (Å²) in [6.07, 6.45) is -0.305. The fourth-order valence-corrected chi connectivity index (χ4v) is 1.75. The predicted molar refractivity (Wildman–Crippen MR) is 71.6 cm³/mol. The van der Waals surface area contributed by atoms with Crippen LogP contribution in [-0.2, 0) is 17.5 Å². The second kappa shape index (κ2) is 5.82. The molecule has 0 radical (unpaired) electrons. The van der Waals surface area contributed by atoms with Gasteiger partial charge < -0.3 is 9.88 Å². The molecule has 1 heterocycles. The number of benzene rings is 1. The lowest BCUT2D eigenvalue weighted by atomic mass is 10.1. The van der Waals surface area contributed by atoms with E-state index in [2.05, 4.69) is 16.9 Å². The number of aromatic nitrogens is 2. The summed E-state index contributed by atoms with van der Waals surface area (Å²) in [5.74, 6) is -0.0915. The van der Waals surface area contributed by atoms with E-state index in [0.29, 0.717) is 11.4 Å². The smallest absolute Gasteiger partial charge is 0.331 e. The number of carbonyl (C=O) groups excluding carboxylic acids is 1. The van der Waals surface area contributed by atoms with E-state index in [1.807, 2.05) is 0 Å². The highest BCUT2D eigenvalue weighted by molar-refractivity contribution is 5.98. The Kier molecular flexibility index (Phi) is 4.11. The predicted octanol–water partition coefficient (Wildman–Crippen LogP) is 3.07. The Morgan fingerprint density at radius 1 is 1.43 bits per heavy atom. The summed E-state index contributed by atoms with van der Waals surface area (Å²) in [5, 5.41) is 2.46. The number of carbonyl (C=O) groups is 1. The van der Waals surface area contributed by atoms with E-state index in [-0.39, 0.29) is 6.54 Å². The molecule has 2 aromatic rings. The van der Waals surface area contributed by atoms with E-state index in [9.17, 15) is 18.0 Å². The molecule has 2 rings (SSSR count). The van der Waals surface area contributed by atoms with E-state index in [1.54, 1.807) is 10.6 Å². The zero-order chi connectivity index (χ0) is 15.5. The molecule has 110 valence electrons. The SMILES string of the molecule is C=CC(=O)Nc1cn(Cc2cccc(C(F)(F)F)c2)cn1. The average molecular weight is 295 g/mol. The number of nitrogens with one attached hydrogen (secondary N) is 1. The quantitative estimate of drug-likeness (QED) is 0.881. The zero-order valence-electron chi connectivity index (χ0n) is 10.9. The van der Waals surface area contributed by atoms with Gasteiger partial charge in [-0.2, -0.15) is 13.2 Å². The average Bonchev–Trinajstić information content (AvgIpc) is 2.85. The number of nitrogens with zero attached hydrogens (tertiary/aromatic N) is 2. The Morgan fingerprint density at radius 2 is 2.19 bits per heavy atom. The molecule has 0 fully saturated rings. The third-order valence-electron chi connectivity index (χ3n) is 2.69. The van der Waals surface area contributed by atoms with E-state index in [4.69, 9.17) is 0 Å². The van der Waals surface area contributed by atoms with Crippen molar-refractivity contribution < 1.29 is 18.0 Å². The number of hydrogen-bond donors (Lipinski definition) is 1. The lowest BCUT2D eigenvalue weighted by molar-refractivity contribution is -0.137. The summed E-state index contributed by atoms with van der Waals surface area (Å²) in [6, 6.07) is 5.06. The van der Waals surface area contributed by atoms with Gasteiger partial charge in [0.15, 0.2) is 5.82 Å². The van der Waals surface area contributed by atoms with Crippen LogP contribution in [0, 0.1) is 0 Å². The summed E-state index contributed by atoms with van der Waals surface area (Å²) in [6.45, 7) is 3.53. The fraction of sp³-hybridized carbons (Fsp3) is 0.143. The van der Waals surface area contributed by atoms with Gasteiger partial charge in [-0.1, -0.05) is 18.7 Å². The summed E-state index contributed by atoms with van der Waals surface area (Å²) in [7, 11) is 0. The van der Waals surface area contributed by atoms with Crippen LogP contribution in [0.5, 0.6) is 0 Å². The minimum absolute atomic E-state index is 0.223. The second-order valence-corrected chi connectivity index (χ2v) is 4.32. The van der Waals surface area contributed by atoms with Crippen LogP contribution in [0.2, 0.25) is 0 Å². The molecule has 1 aromatic carbocycles. The van der Waals surface area contributed by atoms with E-state index in [1.165, 1.54) is 18.6 Å². The van der Waals surface area contributed by atoms with Gasteiger partial charge in [-0.25, -0.2) is 4.98 Å². The molecule has 1 amide bonds. The van der Waals surface area contributed by atoms with Crippen LogP contribution in [0.25, 0.3) is 0 Å². The van der Waals surface area contributed by atoms with Crippen LogP contribution in [0.4, 0.5) is 19.0 Å². The number of hydrogen-bond acceptors (Lipinski definition) is 2. The van der Waals surface area contributed by atoms with E-state index < -0.39 is 17.6 Å². The van der Waals surface area contributed by atoms with Crippen LogP contribution >= 0.6 is 0 Å². The molecule has 1 aromatic heterocycles. The van der Waals surface area contributed by atoms with Gasteiger partial charge in [0.1, 0.15) is 0 Å². The molecular formula is C14H12F3N3O.